The Kier molecular flexibility index (Phi) is 5.98. The van der Waals surface area contributed by atoms with E-state index in [2.05, 4.69) is 0 Å². The lowest BCUT2D eigenvalue weighted by atomic mass is 10.1. The number of hydrogen-bond donors (Lipinski definition) is 6. The van der Waals surface area contributed by atoms with Crippen molar-refractivity contribution in [2.45, 2.75) is 31.3 Å². The summed E-state index contributed by atoms with van der Waals surface area (Å²) in [5.74, 6) is -1.53. The third-order valence-corrected chi connectivity index (χ3v) is 8.44. The van der Waals surface area contributed by atoms with Crippen molar-refractivity contribution < 1.29 is 43.1 Å². The fourth-order valence-electron chi connectivity index (χ4n) is 1.92. The van der Waals surface area contributed by atoms with Crippen molar-refractivity contribution in [3.05, 3.63) is 0 Å². The highest BCUT2D eigenvalue weighted by Crippen LogP contribution is 2.65. The number of hydrogen-bond acceptors (Lipinski definition) is 3. The molecule has 0 saturated carbocycles. The van der Waals surface area contributed by atoms with Gasteiger partial charge in [-0.3, -0.25) is 13.7 Å². The van der Waals surface area contributed by atoms with Crippen molar-refractivity contribution >= 4 is 22.8 Å². The van der Waals surface area contributed by atoms with Gasteiger partial charge in [-0.25, -0.2) is 0 Å². The van der Waals surface area contributed by atoms with Gasteiger partial charge in [-0.2, -0.15) is 0 Å². The van der Waals surface area contributed by atoms with Gasteiger partial charge in [0, 0.05) is 0 Å². The summed E-state index contributed by atoms with van der Waals surface area (Å²) >= 11 is 0. The molecule has 0 aliphatic heterocycles. The highest BCUT2D eigenvalue weighted by Gasteiger charge is 2.52. The Morgan fingerprint density at radius 3 is 1.33 bits per heavy atom. The molecule has 2 atom stereocenters. The predicted octanol–water partition coefficient (Wildman–Crippen LogP) is 0.260. The molecular formula is C6H17O9P3. The van der Waals surface area contributed by atoms with E-state index in [4.69, 9.17) is 29.4 Å². The molecule has 9 nitrogen and oxygen atoms in total. The first-order valence-corrected chi connectivity index (χ1v) is 9.93. The molecule has 110 valence electrons. The largest absolute Gasteiger partial charge is 0.340 e. The van der Waals surface area contributed by atoms with Crippen molar-refractivity contribution in [3.63, 3.8) is 0 Å². The first kappa shape index (κ1) is 18.4. The van der Waals surface area contributed by atoms with Gasteiger partial charge in [-0.15, -0.1) is 0 Å². The number of rotatable bonds is 6. The van der Waals surface area contributed by atoms with E-state index in [1.54, 1.807) is 0 Å². The zero-order valence-corrected chi connectivity index (χ0v) is 12.4. The fourth-order valence-corrected chi connectivity index (χ4v) is 6.66. The Bertz CT molecular complexity index is 394. The Labute approximate surface area is 104 Å². The maximum atomic E-state index is 11.2. The van der Waals surface area contributed by atoms with Crippen LogP contribution in [-0.4, -0.2) is 40.4 Å². The minimum absolute atomic E-state index is 0.165. The van der Waals surface area contributed by atoms with Crippen molar-refractivity contribution in [1.29, 1.82) is 0 Å². The Hall–Kier alpha value is 0.450. The highest BCUT2D eigenvalue weighted by atomic mass is 31.2. The minimum Gasteiger partial charge on any atom is -0.324 e. The first-order chi connectivity index (χ1) is 7.73. The summed E-state index contributed by atoms with van der Waals surface area (Å²) in [7, 11) is -15.1. The van der Waals surface area contributed by atoms with Crippen LogP contribution < -0.4 is 0 Å². The fraction of sp³-hybridized carbons (Fsp3) is 1.00. The second-order valence-electron chi connectivity index (χ2n) is 4.02. The van der Waals surface area contributed by atoms with E-state index >= 15 is 0 Å². The normalized spacial score (nSPS) is 17.8. The molecule has 6 N–H and O–H groups in total. The monoisotopic (exact) mass is 326 g/mol. The molecule has 0 rings (SSSR count). The summed E-state index contributed by atoms with van der Waals surface area (Å²) in [6, 6.07) is 0. The summed E-state index contributed by atoms with van der Waals surface area (Å²) < 4.78 is 33.4. The van der Waals surface area contributed by atoms with Gasteiger partial charge < -0.3 is 29.4 Å². The van der Waals surface area contributed by atoms with E-state index in [1.807, 2.05) is 0 Å². The van der Waals surface area contributed by atoms with Gasteiger partial charge in [0.05, 0.1) is 5.66 Å². The van der Waals surface area contributed by atoms with E-state index in [-0.39, 0.29) is 6.42 Å². The van der Waals surface area contributed by atoms with Crippen molar-refractivity contribution in [2.24, 2.45) is 5.92 Å². The lowest BCUT2D eigenvalue weighted by molar-refractivity contribution is 0.301. The summed E-state index contributed by atoms with van der Waals surface area (Å²) in [4.78, 5) is 53.9. The van der Waals surface area contributed by atoms with E-state index in [9.17, 15) is 13.7 Å². The van der Waals surface area contributed by atoms with Gasteiger partial charge in [0.1, 0.15) is 0 Å². The summed E-state index contributed by atoms with van der Waals surface area (Å²) in [6.45, 7) is 2.37. The molecule has 18 heavy (non-hydrogen) atoms. The van der Waals surface area contributed by atoms with Gasteiger partial charge in [0.2, 0.25) is 0 Å². The van der Waals surface area contributed by atoms with Gasteiger partial charge in [0.25, 0.3) is 0 Å². The Morgan fingerprint density at radius 1 is 0.833 bits per heavy atom. The molecule has 0 spiro atoms. The molecule has 0 aromatic carbocycles. The van der Waals surface area contributed by atoms with Crippen molar-refractivity contribution in [1.82, 2.24) is 0 Å². The van der Waals surface area contributed by atoms with Crippen LogP contribution in [0.25, 0.3) is 0 Å². The lowest BCUT2D eigenvalue weighted by Crippen LogP contribution is -2.29. The third kappa shape index (κ3) is 4.85. The van der Waals surface area contributed by atoms with Crippen LogP contribution in [-0.2, 0) is 13.7 Å². The molecule has 0 heterocycles. The molecule has 0 aliphatic rings. The second-order valence-corrected chi connectivity index (χ2v) is 9.73. The molecule has 0 saturated heterocycles. The Morgan fingerprint density at radius 2 is 1.17 bits per heavy atom. The Balaban J connectivity index is 5.61. The molecule has 0 aromatic heterocycles. The van der Waals surface area contributed by atoms with E-state index in [0.717, 1.165) is 6.92 Å². The van der Waals surface area contributed by atoms with Crippen LogP contribution in [0.3, 0.4) is 0 Å². The maximum absolute atomic E-state index is 11.2. The average molecular weight is 326 g/mol. The van der Waals surface area contributed by atoms with E-state index < -0.39 is 39.8 Å². The van der Waals surface area contributed by atoms with E-state index in [0.29, 0.717) is 0 Å². The maximum Gasteiger partial charge on any atom is 0.340 e. The summed E-state index contributed by atoms with van der Waals surface area (Å²) in [5, 5.41) is -2.41. The second kappa shape index (κ2) is 5.83. The molecule has 2 unspecified atom stereocenters. The smallest absolute Gasteiger partial charge is 0.324 e. The van der Waals surface area contributed by atoms with Crippen molar-refractivity contribution in [2.75, 3.05) is 0 Å². The van der Waals surface area contributed by atoms with E-state index in [1.165, 1.54) is 6.92 Å². The first-order valence-electron chi connectivity index (χ1n) is 4.88. The molecule has 0 radical (unpaired) electrons. The molecular weight excluding hydrogens is 309 g/mol. The van der Waals surface area contributed by atoms with Crippen LogP contribution in [0.2, 0.25) is 0 Å². The van der Waals surface area contributed by atoms with Crippen LogP contribution >= 0.6 is 22.8 Å². The summed E-state index contributed by atoms with van der Waals surface area (Å²) in [5.41, 5.74) is -1.53. The van der Waals surface area contributed by atoms with Crippen LogP contribution in [0.15, 0.2) is 0 Å². The van der Waals surface area contributed by atoms with Crippen LogP contribution in [0.4, 0.5) is 0 Å². The van der Waals surface area contributed by atoms with Gasteiger partial charge in [-0.1, -0.05) is 13.8 Å². The predicted molar refractivity (Wildman–Crippen MR) is 63.2 cm³/mol. The quantitative estimate of drug-likeness (QED) is 0.374. The summed E-state index contributed by atoms with van der Waals surface area (Å²) in [6.07, 6.45) is -0.165. The van der Waals surface area contributed by atoms with Gasteiger partial charge in [-0.05, 0) is 12.3 Å². The van der Waals surface area contributed by atoms with Gasteiger partial charge >= 0.3 is 22.8 Å². The average Bonchev–Trinajstić information content (AvgIpc) is 1.94. The lowest BCUT2D eigenvalue weighted by Gasteiger charge is -2.31. The van der Waals surface area contributed by atoms with Crippen LogP contribution in [0.1, 0.15) is 20.3 Å². The van der Waals surface area contributed by atoms with Gasteiger partial charge in [0.15, 0.2) is 5.40 Å². The van der Waals surface area contributed by atoms with Crippen LogP contribution in [0.5, 0.6) is 0 Å². The zero-order valence-electron chi connectivity index (χ0n) is 9.69. The molecule has 0 bridgehead atoms. The molecule has 0 aliphatic carbocycles. The zero-order chi connectivity index (χ0) is 14.9. The van der Waals surface area contributed by atoms with Crippen molar-refractivity contribution in [3.8, 4) is 0 Å². The molecule has 0 aromatic rings. The molecule has 0 amide bonds. The topological polar surface area (TPSA) is 173 Å². The SMILES string of the molecule is CCC(C(C)C(P(=O)(O)O)P(=O)(O)O)P(=O)(O)O. The minimum atomic E-state index is -5.20. The highest BCUT2D eigenvalue weighted by molar-refractivity contribution is 7.71. The third-order valence-electron chi connectivity index (χ3n) is 2.62. The molecule has 12 heteroatoms. The standard InChI is InChI=1S/C6H17O9P3/c1-3-5(16(7,8)9)4(2)6(17(10,11)12)18(13,14)15/h4-6H,3H2,1-2H3,(H2,7,8,9)(H2,10,11,12)(H2,13,14,15). The molecule has 0 fully saturated rings. The van der Waals surface area contributed by atoms with Crippen LogP contribution in [0, 0.1) is 5.92 Å².